The molecule has 28 heavy (non-hydrogen) atoms. The first-order chi connectivity index (χ1) is 13.7. The summed E-state index contributed by atoms with van der Waals surface area (Å²) in [6, 6.07) is 0.428. The second-order valence-electron chi connectivity index (χ2n) is 9.16. The molecule has 2 heterocycles. The third kappa shape index (κ3) is 4.70. The van der Waals surface area contributed by atoms with Gasteiger partial charge in [0, 0.05) is 45.2 Å². The maximum Gasteiger partial charge on any atom is 0.242 e. The second kappa shape index (κ2) is 9.57. The Morgan fingerprint density at radius 3 is 2.18 bits per heavy atom. The van der Waals surface area contributed by atoms with E-state index < -0.39 is 0 Å². The normalized spacial score (nSPS) is 28.2. The molecule has 2 aliphatic heterocycles. The predicted molar refractivity (Wildman–Crippen MR) is 108 cm³/mol. The number of nitrogens with zero attached hydrogens (tertiary/aromatic N) is 3. The van der Waals surface area contributed by atoms with E-state index in [0.717, 1.165) is 25.5 Å². The molecule has 2 aliphatic carbocycles. The Kier molecular flexibility index (Phi) is 6.89. The largest absolute Gasteiger partial charge is 0.378 e. The van der Waals surface area contributed by atoms with Crippen molar-refractivity contribution < 1.29 is 14.3 Å². The van der Waals surface area contributed by atoms with Gasteiger partial charge in [-0.15, -0.1) is 0 Å². The van der Waals surface area contributed by atoms with Gasteiger partial charge in [0.25, 0.3) is 0 Å². The fraction of sp³-hybridized carbons (Fsp3) is 0.909. The van der Waals surface area contributed by atoms with Crippen molar-refractivity contribution in [3.05, 3.63) is 0 Å². The first kappa shape index (κ1) is 20.1. The fourth-order valence-corrected chi connectivity index (χ4v) is 5.67. The number of hydrogen-bond donors (Lipinski definition) is 0. The molecule has 0 spiro atoms. The molecule has 6 heteroatoms. The molecule has 0 radical (unpaired) electrons. The Hall–Kier alpha value is -1.14. The second-order valence-corrected chi connectivity index (χ2v) is 9.16. The van der Waals surface area contributed by atoms with Crippen LogP contribution in [0, 0.1) is 5.92 Å². The number of morpholine rings is 1. The zero-order valence-electron chi connectivity index (χ0n) is 17.3. The Morgan fingerprint density at radius 2 is 1.46 bits per heavy atom. The molecule has 4 rings (SSSR count). The SMILES string of the molecule is O=C(CCC1CCCC1)N1CCN(C(=O)C2COCCN2C2CCCC2)CC1. The molecule has 4 aliphatic rings. The van der Waals surface area contributed by atoms with Crippen LogP contribution in [0.2, 0.25) is 0 Å². The Morgan fingerprint density at radius 1 is 0.821 bits per heavy atom. The molecule has 0 aromatic rings. The molecular formula is C22H37N3O3. The molecule has 2 amide bonds. The number of ether oxygens (including phenoxy) is 1. The summed E-state index contributed by atoms with van der Waals surface area (Å²) in [5.74, 6) is 1.26. The topological polar surface area (TPSA) is 53.1 Å². The van der Waals surface area contributed by atoms with Gasteiger partial charge >= 0.3 is 0 Å². The van der Waals surface area contributed by atoms with Crippen LogP contribution in [0.25, 0.3) is 0 Å². The van der Waals surface area contributed by atoms with E-state index in [0.29, 0.717) is 45.2 Å². The number of rotatable bonds is 5. The molecule has 158 valence electrons. The zero-order chi connectivity index (χ0) is 19.3. The lowest BCUT2D eigenvalue weighted by Gasteiger charge is -2.42. The first-order valence-corrected chi connectivity index (χ1v) is 11.6. The summed E-state index contributed by atoms with van der Waals surface area (Å²) < 4.78 is 5.67. The third-order valence-electron chi connectivity index (χ3n) is 7.43. The van der Waals surface area contributed by atoms with Gasteiger partial charge in [-0.05, 0) is 25.2 Å². The van der Waals surface area contributed by atoms with Crippen molar-refractivity contribution in [2.45, 2.75) is 76.3 Å². The van der Waals surface area contributed by atoms with Crippen LogP contribution >= 0.6 is 0 Å². The van der Waals surface area contributed by atoms with Gasteiger partial charge in [0.2, 0.25) is 11.8 Å². The standard InChI is InChI=1S/C22H37N3O3/c26-21(10-9-18-5-1-2-6-18)23-11-13-24(14-12-23)22(27)20-17-28-16-15-25(20)19-7-3-4-8-19/h18-20H,1-17H2. The lowest BCUT2D eigenvalue weighted by atomic mass is 10.0. The molecule has 2 saturated heterocycles. The quantitative estimate of drug-likeness (QED) is 0.721. The molecule has 0 N–H and O–H groups in total. The van der Waals surface area contributed by atoms with Gasteiger partial charge in [0.1, 0.15) is 6.04 Å². The zero-order valence-corrected chi connectivity index (χ0v) is 17.3. The lowest BCUT2D eigenvalue weighted by molar-refractivity contribution is -0.149. The third-order valence-corrected chi connectivity index (χ3v) is 7.43. The monoisotopic (exact) mass is 391 g/mol. The van der Waals surface area contributed by atoms with Gasteiger partial charge in [-0.25, -0.2) is 0 Å². The molecule has 2 saturated carbocycles. The number of carbonyl (C=O) groups excluding carboxylic acids is 2. The van der Waals surface area contributed by atoms with Gasteiger partial charge in [0.15, 0.2) is 0 Å². The summed E-state index contributed by atoms with van der Waals surface area (Å²) in [7, 11) is 0. The molecule has 1 atom stereocenters. The molecule has 0 aromatic carbocycles. The number of carbonyl (C=O) groups is 2. The van der Waals surface area contributed by atoms with Crippen molar-refractivity contribution in [1.82, 2.24) is 14.7 Å². The van der Waals surface area contributed by atoms with Gasteiger partial charge in [-0.3, -0.25) is 14.5 Å². The van der Waals surface area contributed by atoms with Crippen LogP contribution in [-0.2, 0) is 14.3 Å². The van der Waals surface area contributed by atoms with Crippen LogP contribution in [0.1, 0.15) is 64.2 Å². The summed E-state index contributed by atoms with van der Waals surface area (Å²) in [4.78, 5) is 32.1. The highest BCUT2D eigenvalue weighted by Gasteiger charge is 2.38. The summed E-state index contributed by atoms with van der Waals surface area (Å²) in [6.45, 7) is 4.85. The smallest absolute Gasteiger partial charge is 0.242 e. The maximum atomic E-state index is 13.2. The minimum atomic E-state index is -0.124. The Bertz CT molecular complexity index is 535. The summed E-state index contributed by atoms with van der Waals surface area (Å²) in [5.41, 5.74) is 0. The average Bonchev–Trinajstić information content (AvgIpc) is 3.46. The van der Waals surface area contributed by atoms with Crippen molar-refractivity contribution in [3.63, 3.8) is 0 Å². The van der Waals surface area contributed by atoms with E-state index in [1.165, 1.54) is 51.4 Å². The molecule has 0 aromatic heterocycles. The number of amides is 2. The van der Waals surface area contributed by atoms with Crippen molar-refractivity contribution in [3.8, 4) is 0 Å². The van der Waals surface area contributed by atoms with Crippen LogP contribution in [0.3, 0.4) is 0 Å². The first-order valence-electron chi connectivity index (χ1n) is 11.6. The van der Waals surface area contributed by atoms with E-state index in [1.807, 2.05) is 9.80 Å². The van der Waals surface area contributed by atoms with Crippen LogP contribution in [-0.4, -0.2) is 84.5 Å². The molecule has 1 unspecified atom stereocenters. The van der Waals surface area contributed by atoms with Crippen LogP contribution in [0.15, 0.2) is 0 Å². The summed E-state index contributed by atoms with van der Waals surface area (Å²) >= 11 is 0. The van der Waals surface area contributed by atoms with Gasteiger partial charge in [0.05, 0.1) is 13.2 Å². The highest BCUT2D eigenvalue weighted by Crippen LogP contribution is 2.29. The van der Waals surface area contributed by atoms with Crippen LogP contribution in [0.4, 0.5) is 0 Å². The minimum Gasteiger partial charge on any atom is -0.378 e. The fourth-order valence-electron chi connectivity index (χ4n) is 5.67. The molecular weight excluding hydrogens is 354 g/mol. The number of piperazine rings is 1. The van der Waals surface area contributed by atoms with E-state index in [9.17, 15) is 9.59 Å². The van der Waals surface area contributed by atoms with E-state index in [4.69, 9.17) is 4.74 Å². The van der Waals surface area contributed by atoms with Gasteiger partial charge < -0.3 is 14.5 Å². The summed E-state index contributed by atoms with van der Waals surface area (Å²) in [6.07, 6.45) is 12.0. The van der Waals surface area contributed by atoms with Crippen molar-refractivity contribution in [1.29, 1.82) is 0 Å². The summed E-state index contributed by atoms with van der Waals surface area (Å²) in [5, 5.41) is 0. The molecule has 6 nitrogen and oxygen atoms in total. The molecule has 4 fully saturated rings. The Labute approximate surface area is 169 Å². The number of hydrogen-bond acceptors (Lipinski definition) is 4. The average molecular weight is 392 g/mol. The van der Waals surface area contributed by atoms with Crippen molar-refractivity contribution >= 4 is 11.8 Å². The van der Waals surface area contributed by atoms with E-state index >= 15 is 0 Å². The highest BCUT2D eigenvalue weighted by atomic mass is 16.5. The van der Waals surface area contributed by atoms with Crippen molar-refractivity contribution in [2.75, 3.05) is 45.9 Å². The Balaban J connectivity index is 1.25. The lowest BCUT2D eigenvalue weighted by Crippen LogP contribution is -2.60. The van der Waals surface area contributed by atoms with E-state index in [1.54, 1.807) is 0 Å². The van der Waals surface area contributed by atoms with Crippen LogP contribution in [0.5, 0.6) is 0 Å². The van der Waals surface area contributed by atoms with E-state index in [-0.39, 0.29) is 17.9 Å². The minimum absolute atomic E-state index is 0.124. The van der Waals surface area contributed by atoms with E-state index in [2.05, 4.69) is 4.90 Å². The predicted octanol–water partition coefficient (Wildman–Crippen LogP) is 2.27. The maximum absolute atomic E-state index is 13.2. The van der Waals surface area contributed by atoms with Crippen LogP contribution < -0.4 is 0 Å². The molecule has 0 bridgehead atoms. The van der Waals surface area contributed by atoms with Gasteiger partial charge in [-0.1, -0.05) is 38.5 Å². The van der Waals surface area contributed by atoms with Gasteiger partial charge in [-0.2, -0.15) is 0 Å². The van der Waals surface area contributed by atoms with Crippen molar-refractivity contribution in [2.24, 2.45) is 5.92 Å². The highest BCUT2D eigenvalue weighted by molar-refractivity contribution is 5.83.